The Morgan fingerprint density at radius 2 is 2.26 bits per heavy atom. The Bertz CT molecular complexity index is 448. The molecule has 1 aliphatic rings. The predicted molar refractivity (Wildman–Crippen MR) is 77.4 cm³/mol. The summed E-state index contributed by atoms with van der Waals surface area (Å²) >= 11 is 3.35. The first-order valence-corrected chi connectivity index (χ1v) is 7.28. The number of hydrogen-bond acceptors (Lipinski definition) is 4. The zero-order valence-electron chi connectivity index (χ0n) is 10.9. The van der Waals surface area contributed by atoms with Gasteiger partial charge in [0.2, 0.25) is 0 Å². The number of ether oxygens (including phenoxy) is 1. The third-order valence-electron chi connectivity index (χ3n) is 3.00. The lowest BCUT2D eigenvalue weighted by Gasteiger charge is -2.23. The van der Waals surface area contributed by atoms with Crippen molar-refractivity contribution in [3.63, 3.8) is 0 Å². The summed E-state index contributed by atoms with van der Waals surface area (Å²) in [5.74, 6) is 0.534. The Hall–Kier alpha value is -1.14. The standard InChI is InChI=1S/C13H18BrN3O2/c1-2-15-12-11(7-9(14)8-16-12)13(18)17-10-3-5-19-6-4-10/h7-8,10H,2-6H2,1H3,(H,15,16)(H,17,18). The summed E-state index contributed by atoms with van der Waals surface area (Å²) in [7, 11) is 0. The van der Waals surface area contributed by atoms with Gasteiger partial charge in [0.25, 0.3) is 5.91 Å². The summed E-state index contributed by atoms with van der Waals surface area (Å²) in [5.41, 5.74) is 0.572. The summed E-state index contributed by atoms with van der Waals surface area (Å²) in [4.78, 5) is 16.5. The fraction of sp³-hybridized carbons (Fsp3) is 0.538. The highest BCUT2D eigenvalue weighted by atomic mass is 79.9. The number of nitrogens with zero attached hydrogens (tertiary/aromatic N) is 1. The van der Waals surface area contributed by atoms with E-state index in [9.17, 15) is 4.79 Å². The number of anilines is 1. The minimum absolute atomic E-state index is 0.0864. The van der Waals surface area contributed by atoms with Crippen LogP contribution in [0.1, 0.15) is 30.1 Å². The zero-order valence-corrected chi connectivity index (χ0v) is 12.5. The molecule has 0 saturated carbocycles. The largest absolute Gasteiger partial charge is 0.381 e. The molecule has 1 aliphatic heterocycles. The van der Waals surface area contributed by atoms with Gasteiger partial charge in [0.05, 0.1) is 5.56 Å². The van der Waals surface area contributed by atoms with Crippen molar-refractivity contribution >= 4 is 27.7 Å². The van der Waals surface area contributed by atoms with Crippen LogP contribution in [0.2, 0.25) is 0 Å². The van der Waals surface area contributed by atoms with Crippen LogP contribution in [0.15, 0.2) is 16.7 Å². The number of carbonyl (C=O) groups is 1. The van der Waals surface area contributed by atoms with Crippen molar-refractivity contribution in [2.75, 3.05) is 25.1 Å². The van der Waals surface area contributed by atoms with Crippen LogP contribution in [0.25, 0.3) is 0 Å². The van der Waals surface area contributed by atoms with Gasteiger partial charge in [0.1, 0.15) is 5.82 Å². The first-order chi connectivity index (χ1) is 9.20. The number of carbonyl (C=O) groups excluding carboxylic acids is 1. The molecule has 19 heavy (non-hydrogen) atoms. The number of amides is 1. The Morgan fingerprint density at radius 3 is 2.95 bits per heavy atom. The van der Waals surface area contributed by atoms with Gasteiger partial charge in [-0.25, -0.2) is 4.98 Å². The Balaban J connectivity index is 2.10. The van der Waals surface area contributed by atoms with Crippen molar-refractivity contribution in [2.45, 2.75) is 25.8 Å². The maximum absolute atomic E-state index is 12.3. The monoisotopic (exact) mass is 327 g/mol. The Morgan fingerprint density at radius 1 is 1.53 bits per heavy atom. The Kier molecular flexibility index (Phi) is 5.15. The highest BCUT2D eigenvalue weighted by Crippen LogP contribution is 2.18. The van der Waals surface area contributed by atoms with E-state index in [0.29, 0.717) is 24.6 Å². The van der Waals surface area contributed by atoms with Crippen LogP contribution in [-0.2, 0) is 4.74 Å². The number of hydrogen-bond donors (Lipinski definition) is 2. The molecule has 1 fully saturated rings. The molecular weight excluding hydrogens is 310 g/mol. The average Bonchev–Trinajstić information content (AvgIpc) is 2.42. The maximum Gasteiger partial charge on any atom is 0.255 e. The third-order valence-corrected chi connectivity index (χ3v) is 3.43. The van der Waals surface area contributed by atoms with E-state index in [1.54, 1.807) is 12.3 Å². The van der Waals surface area contributed by atoms with Crippen molar-refractivity contribution in [3.05, 3.63) is 22.3 Å². The topological polar surface area (TPSA) is 63.2 Å². The third kappa shape index (κ3) is 3.91. The van der Waals surface area contributed by atoms with Crippen molar-refractivity contribution in [1.82, 2.24) is 10.3 Å². The van der Waals surface area contributed by atoms with Crippen molar-refractivity contribution < 1.29 is 9.53 Å². The van der Waals surface area contributed by atoms with Crippen LogP contribution in [0.3, 0.4) is 0 Å². The van der Waals surface area contributed by atoms with Gasteiger partial charge in [-0.05, 0) is 41.8 Å². The Labute approximate surface area is 121 Å². The predicted octanol–water partition coefficient (Wildman–Crippen LogP) is 2.18. The smallest absolute Gasteiger partial charge is 0.255 e. The van der Waals surface area contributed by atoms with Gasteiger partial charge in [-0.3, -0.25) is 4.79 Å². The molecular formula is C13H18BrN3O2. The molecule has 6 heteroatoms. The van der Waals surface area contributed by atoms with E-state index in [2.05, 4.69) is 31.5 Å². The van der Waals surface area contributed by atoms with Crippen LogP contribution in [0.4, 0.5) is 5.82 Å². The second-order valence-electron chi connectivity index (χ2n) is 4.44. The van der Waals surface area contributed by atoms with E-state index >= 15 is 0 Å². The van der Waals surface area contributed by atoms with Gasteiger partial charge in [-0.1, -0.05) is 0 Å². The first kappa shape index (κ1) is 14.3. The van der Waals surface area contributed by atoms with Crippen molar-refractivity contribution in [2.24, 2.45) is 0 Å². The van der Waals surface area contributed by atoms with E-state index in [-0.39, 0.29) is 11.9 Å². The number of pyridine rings is 1. The minimum atomic E-state index is -0.0864. The molecule has 0 atom stereocenters. The van der Waals surface area contributed by atoms with Crippen LogP contribution in [0, 0.1) is 0 Å². The molecule has 2 rings (SSSR count). The average molecular weight is 328 g/mol. The van der Waals surface area contributed by atoms with Crippen LogP contribution in [0.5, 0.6) is 0 Å². The molecule has 0 aliphatic carbocycles. The highest BCUT2D eigenvalue weighted by molar-refractivity contribution is 9.10. The summed E-state index contributed by atoms with van der Waals surface area (Å²) in [5, 5.41) is 6.15. The zero-order chi connectivity index (χ0) is 13.7. The number of rotatable bonds is 4. The second kappa shape index (κ2) is 6.86. The lowest BCUT2D eigenvalue weighted by atomic mass is 10.1. The SMILES string of the molecule is CCNc1ncc(Br)cc1C(=O)NC1CCOCC1. The normalized spacial score (nSPS) is 16.1. The van der Waals surface area contributed by atoms with Gasteiger partial charge >= 0.3 is 0 Å². The van der Waals surface area contributed by atoms with Crippen LogP contribution in [-0.4, -0.2) is 36.7 Å². The fourth-order valence-corrected chi connectivity index (χ4v) is 2.36. The summed E-state index contributed by atoms with van der Waals surface area (Å²) in [6.45, 7) is 4.12. The molecule has 2 N–H and O–H groups in total. The van der Waals surface area contributed by atoms with E-state index in [0.717, 1.165) is 23.9 Å². The molecule has 5 nitrogen and oxygen atoms in total. The number of aromatic nitrogens is 1. The molecule has 0 aromatic carbocycles. The first-order valence-electron chi connectivity index (χ1n) is 6.48. The maximum atomic E-state index is 12.3. The van der Waals surface area contributed by atoms with Crippen molar-refractivity contribution in [3.8, 4) is 0 Å². The minimum Gasteiger partial charge on any atom is -0.381 e. The summed E-state index contributed by atoms with van der Waals surface area (Å²) < 4.78 is 6.08. The van der Waals surface area contributed by atoms with Gasteiger partial charge in [-0.2, -0.15) is 0 Å². The summed E-state index contributed by atoms with van der Waals surface area (Å²) in [6.07, 6.45) is 3.41. The van der Waals surface area contributed by atoms with Crippen molar-refractivity contribution in [1.29, 1.82) is 0 Å². The van der Waals surface area contributed by atoms with Crippen LogP contribution >= 0.6 is 15.9 Å². The molecule has 0 radical (unpaired) electrons. The fourth-order valence-electron chi connectivity index (χ4n) is 2.03. The molecule has 1 aromatic heterocycles. The van der Waals surface area contributed by atoms with Gasteiger partial charge in [-0.15, -0.1) is 0 Å². The molecule has 1 aromatic rings. The number of nitrogens with one attached hydrogen (secondary N) is 2. The lowest BCUT2D eigenvalue weighted by molar-refractivity contribution is 0.0696. The lowest BCUT2D eigenvalue weighted by Crippen LogP contribution is -2.39. The molecule has 104 valence electrons. The molecule has 2 heterocycles. The van der Waals surface area contributed by atoms with E-state index in [1.807, 2.05) is 6.92 Å². The highest BCUT2D eigenvalue weighted by Gasteiger charge is 2.19. The van der Waals surface area contributed by atoms with Gasteiger partial charge in [0.15, 0.2) is 0 Å². The number of halogens is 1. The molecule has 0 spiro atoms. The van der Waals surface area contributed by atoms with E-state index in [1.165, 1.54) is 0 Å². The quantitative estimate of drug-likeness (QED) is 0.889. The van der Waals surface area contributed by atoms with E-state index < -0.39 is 0 Å². The van der Waals surface area contributed by atoms with Gasteiger partial charge in [0, 0.05) is 36.5 Å². The molecule has 0 bridgehead atoms. The molecule has 1 saturated heterocycles. The second-order valence-corrected chi connectivity index (χ2v) is 5.36. The molecule has 0 unspecified atom stereocenters. The van der Waals surface area contributed by atoms with Crippen LogP contribution < -0.4 is 10.6 Å². The van der Waals surface area contributed by atoms with Gasteiger partial charge < -0.3 is 15.4 Å². The summed E-state index contributed by atoms with van der Waals surface area (Å²) in [6, 6.07) is 1.98. The van der Waals surface area contributed by atoms with E-state index in [4.69, 9.17) is 4.74 Å². The molecule has 1 amide bonds.